The predicted molar refractivity (Wildman–Crippen MR) is 69.1 cm³/mol. The van der Waals surface area contributed by atoms with Crippen molar-refractivity contribution in [1.29, 1.82) is 0 Å². The minimum atomic E-state index is -0.257. The fourth-order valence-electron chi connectivity index (χ4n) is 1.23. The van der Waals surface area contributed by atoms with Crippen LogP contribution >= 0.6 is 15.9 Å². The Labute approximate surface area is 109 Å². The second-order valence-corrected chi connectivity index (χ2v) is 4.73. The molecule has 0 aliphatic heterocycles. The third-order valence-electron chi connectivity index (χ3n) is 2.13. The molecule has 0 saturated heterocycles. The van der Waals surface area contributed by atoms with Crippen LogP contribution in [-0.4, -0.2) is 30.3 Å². The number of aliphatic hydroxyl groups excluding tert-OH is 1. The monoisotopic (exact) mass is 301 g/mol. The quantitative estimate of drug-likeness (QED) is 0.869. The highest BCUT2D eigenvalue weighted by Crippen LogP contribution is 2.25. The van der Waals surface area contributed by atoms with Crippen molar-refractivity contribution in [3.63, 3.8) is 0 Å². The smallest absolute Gasteiger partial charge is 0.258 e. The molecule has 0 heterocycles. The Morgan fingerprint density at radius 1 is 1.59 bits per heavy atom. The topological polar surface area (TPSA) is 58.6 Å². The van der Waals surface area contributed by atoms with E-state index in [1.54, 1.807) is 6.92 Å². The van der Waals surface area contributed by atoms with Gasteiger partial charge in [0.2, 0.25) is 0 Å². The summed E-state index contributed by atoms with van der Waals surface area (Å²) >= 11 is 3.37. The number of halogens is 1. The maximum atomic E-state index is 11.4. The van der Waals surface area contributed by atoms with Crippen LogP contribution in [0.1, 0.15) is 12.5 Å². The van der Waals surface area contributed by atoms with Crippen molar-refractivity contribution in [3.8, 4) is 5.75 Å². The van der Waals surface area contributed by atoms with Gasteiger partial charge in [0.1, 0.15) is 5.75 Å². The second-order valence-electron chi connectivity index (χ2n) is 3.87. The van der Waals surface area contributed by atoms with Crippen LogP contribution in [-0.2, 0) is 4.79 Å². The molecule has 0 aliphatic carbocycles. The molecule has 0 spiro atoms. The molecule has 0 aliphatic rings. The van der Waals surface area contributed by atoms with Gasteiger partial charge in [-0.1, -0.05) is 6.07 Å². The lowest BCUT2D eigenvalue weighted by Crippen LogP contribution is -2.38. The molecule has 1 rings (SSSR count). The number of benzene rings is 1. The molecule has 0 fully saturated rings. The van der Waals surface area contributed by atoms with E-state index in [-0.39, 0.29) is 25.2 Å². The summed E-state index contributed by atoms with van der Waals surface area (Å²) in [6, 6.07) is 5.38. The normalized spacial score (nSPS) is 12.0. The molecule has 1 amide bonds. The fraction of sp³-hybridized carbons (Fsp3) is 0.417. The Morgan fingerprint density at radius 3 is 2.88 bits per heavy atom. The summed E-state index contributed by atoms with van der Waals surface area (Å²) in [6.45, 7) is 3.55. The maximum Gasteiger partial charge on any atom is 0.258 e. The first-order chi connectivity index (χ1) is 8.02. The van der Waals surface area contributed by atoms with Gasteiger partial charge in [0.05, 0.1) is 11.1 Å². The van der Waals surface area contributed by atoms with Gasteiger partial charge in [0.15, 0.2) is 6.61 Å². The average molecular weight is 302 g/mol. The van der Waals surface area contributed by atoms with Crippen molar-refractivity contribution < 1.29 is 14.6 Å². The zero-order valence-corrected chi connectivity index (χ0v) is 11.5. The molecule has 2 N–H and O–H groups in total. The molecular formula is C12H16BrNO3. The summed E-state index contributed by atoms with van der Waals surface area (Å²) in [5.74, 6) is 0.376. The number of carbonyl (C=O) groups excluding carboxylic acids is 1. The summed E-state index contributed by atoms with van der Waals surface area (Å²) in [6.07, 6.45) is 0. The lowest BCUT2D eigenvalue weighted by molar-refractivity contribution is -0.124. The number of hydrogen-bond acceptors (Lipinski definition) is 3. The van der Waals surface area contributed by atoms with Crippen LogP contribution in [0.4, 0.5) is 0 Å². The van der Waals surface area contributed by atoms with Gasteiger partial charge < -0.3 is 15.2 Å². The Bertz CT molecular complexity index is 395. The van der Waals surface area contributed by atoms with Crippen LogP contribution in [0.15, 0.2) is 22.7 Å². The van der Waals surface area contributed by atoms with Crippen molar-refractivity contribution in [2.24, 2.45) is 0 Å². The van der Waals surface area contributed by atoms with E-state index in [0.717, 1.165) is 10.0 Å². The first-order valence-corrected chi connectivity index (χ1v) is 6.11. The minimum Gasteiger partial charge on any atom is -0.483 e. The number of ether oxygens (including phenoxy) is 1. The molecule has 0 aromatic heterocycles. The van der Waals surface area contributed by atoms with Crippen molar-refractivity contribution >= 4 is 21.8 Å². The third kappa shape index (κ3) is 4.75. The molecule has 0 radical (unpaired) electrons. The lowest BCUT2D eigenvalue weighted by atomic mass is 10.2. The molecule has 5 heteroatoms. The average Bonchev–Trinajstić information content (AvgIpc) is 2.27. The molecule has 17 heavy (non-hydrogen) atoms. The van der Waals surface area contributed by atoms with Gasteiger partial charge >= 0.3 is 0 Å². The Morgan fingerprint density at radius 2 is 2.29 bits per heavy atom. The molecule has 1 aromatic carbocycles. The second kappa shape index (κ2) is 6.61. The summed E-state index contributed by atoms with van der Waals surface area (Å²) in [5, 5.41) is 11.4. The first kappa shape index (κ1) is 14.0. The van der Waals surface area contributed by atoms with Crippen LogP contribution in [0.3, 0.4) is 0 Å². The van der Waals surface area contributed by atoms with E-state index in [4.69, 9.17) is 9.84 Å². The van der Waals surface area contributed by atoms with E-state index in [0.29, 0.717) is 5.75 Å². The molecule has 0 bridgehead atoms. The van der Waals surface area contributed by atoms with Crippen LogP contribution < -0.4 is 10.1 Å². The Balaban J connectivity index is 2.47. The highest BCUT2D eigenvalue weighted by molar-refractivity contribution is 9.10. The van der Waals surface area contributed by atoms with E-state index in [1.807, 2.05) is 25.1 Å². The number of aliphatic hydroxyl groups is 1. The van der Waals surface area contributed by atoms with Crippen molar-refractivity contribution in [2.75, 3.05) is 13.2 Å². The largest absolute Gasteiger partial charge is 0.483 e. The molecule has 1 aromatic rings. The standard InChI is InChI=1S/C12H16BrNO3/c1-8-3-4-11(10(13)5-8)17-7-12(16)14-9(2)6-15/h3-5,9,15H,6-7H2,1-2H3,(H,14,16). The number of carbonyl (C=O) groups is 1. The van der Waals surface area contributed by atoms with Gasteiger partial charge in [0.25, 0.3) is 5.91 Å². The molecular weight excluding hydrogens is 286 g/mol. The number of rotatable bonds is 5. The number of hydrogen-bond donors (Lipinski definition) is 2. The van der Waals surface area contributed by atoms with E-state index < -0.39 is 0 Å². The van der Waals surface area contributed by atoms with Gasteiger partial charge in [-0.2, -0.15) is 0 Å². The van der Waals surface area contributed by atoms with Gasteiger partial charge in [-0.3, -0.25) is 4.79 Å². The zero-order valence-electron chi connectivity index (χ0n) is 9.87. The van der Waals surface area contributed by atoms with Gasteiger partial charge in [-0.15, -0.1) is 0 Å². The van der Waals surface area contributed by atoms with Crippen molar-refractivity contribution in [2.45, 2.75) is 19.9 Å². The first-order valence-electron chi connectivity index (χ1n) is 5.32. The molecule has 0 saturated carbocycles. The van der Waals surface area contributed by atoms with Gasteiger partial charge in [0, 0.05) is 6.04 Å². The SMILES string of the molecule is Cc1ccc(OCC(=O)NC(C)CO)c(Br)c1. The lowest BCUT2D eigenvalue weighted by Gasteiger charge is -2.12. The van der Waals surface area contributed by atoms with E-state index >= 15 is 0 Å². The van der Waals surface area contributed by atoms with Crippen molar-refractivity contribution in [3.05, 3.63) is 28.2 Å². The molecule has 1 unspecified atom stereocenters. The highest BCUT2D eigenvalue weighted by Gasteiger charge is 2.08. The number of amides is 1. The van der Waals surface area contributed by atoms with E-state index in [2.05, 4.69) is 21.2 Å². The number of aryl methyl sites for hydroxylation is 1. The van der Waals surface area contributed by atoms with E-state index in [1.165, 1.54) is 0 Å². The molecule has 94 valence electrons. The van der Waals surface area contributed by atoms with E-state index in [9.17, 15) is 4.79 Å². The fourth-order valence-corrected chi connectivity index (χ4v) is 1.84. The zero-order chi connectivity index (χ0) is 12.8. The maximum absolute atomic E-state index is 11.4. The molecule has 4 nitrogen and oxygen atoms in total. The summed E-state index contributed by atoms with van der Waals surface area (Å²) in [7, 11) is 0. The highest BCUT2D eigenvalue weighted by atomic mass is 79.9. The third-order valence-corrected chi connectivity index (χ3v) is 2.75. The van der Waals surface area contributed by atoms with Gasteiger partial charge in [-0.05, 0) is 47.5 Å². The van der Waals surface area contributed by atoms with Crippen LogP contribution in [0.5, 0.6) is 5.75 Å². The Kier molecular flexibility index (Phi) is 5.44. The van der Waals surface area contributed by atoms with Gasteiger partial charge in [-0.25, -0.2) is 0 Å². The van der Waals surface area contributed by atoms with Crippen molar-refractivity contribution in [1.82, 2.24) is 5.32 Å². The summed E-state index contributed by atoms with van der Waals surface area (Å²) < 4.78 is 6.18. The van der Waals surface area contributed by atoms with Crippen LogP contribution in [0.2, 0.25) is 0 Å². The van der Waals surface area contributed by atoms with Crippen LogP contribution in [0, 0.1) is 6.92 Å². The Hall–Kier alpha value is -1.07. The molecule has 1 atom stereocenters. The van der Waals surface area contributed by atoms with Crippen LogP contribution in [0.25, 0.3) is 0 Å². The minimum absolute atomic E-state index is 0.0635. The predicted octanol–water partition coefficient (Wildman–Crippen LogP) is 1.63. The number of nitrogens with one attached hydrogen (secondary N) is 1. The summed E-state index contributed by atoms with van der Waals surface area (Å²) in [5.41, 5.74) is 1.11. The summed E-state index contributed by atoms with van der Waals surface area (Å²) in [4.78, 5) is 11.4.